The third-order valence-electron chi connectivity index (χ3n) is 4.13. The van der Waals surface area contributed by atoms with E-state index in [1.165, 1.54) is 6.92 Å². The third kappa shape index (κ3) is 4.31. The van der Waals surface area contributed by atoms with Crippen LogP contribution in [-0.4, -0.2) is 24.4 Å². The molecule has 1 heterocycles. The molecule has 1 aromatic carbocycles. The average Bonchev–Trinajstić information content (AvgIpc) is 2.45. The van der Waals surface area contributed by atoms with Crippen molar-refractivity contribution in [2.24, 2.45) is 5.41 Å². The summed E-state index contributed by atoms with van der Waals surface area (Å²) >= 11 is 0. The molecule has 1 aliphatic rings. The first-order chi connectivity index (χ1) is 10.4. The number of anilines is 1. The number of carbonyl (C=O) groups is 2. The molecule has 1 aliphatic heterocycles. The predicted octanol–water partition coefficient (Wildman–Crippen LogP) is 2.04. The van der Waals surface area contributed by atoms with Crippen LogP contribution in [0.1, 0.15) is 39.2 Å². The summed E-state index contributed by atoms with van der Waals surface area (Å²) in [6.07, 6.45) is 2.17. The van der Waals surface area contributed by atoms with E-state index < -0.39 is 0 Å². The highest BCUT2D eigenvalue weighted by Gasteiger charge is 2.36. The Kier molecular flexibility index (Phi) is 5.19. The van der Waals surface area contributed by atoms with E-state index in [-0.39, 0.29) is 23.3 Å². The van der Waals surface area contributed by atoms with Gasteiger partial charge in [0.2, 0.25) is 11.8 Å². The zero-order valence-electron chi connectivity index (χ0n) is 13.5. The SMILES string of the molecule is CC(=O)Nc1ccc(CNC(=O)C2NCCCC2(C)C)cc1. The Morgan fingerprint density at radius 1 is 1.27 bits per heavy atom. The van der Waals surface area contributed by atoms with Gasteiger partial charge in [-0.1, -0.05) is 26.0 Å². The van der Waals surface area contributed by atoms with Gasteiger partial charge in [-0.2, -0.15) is 0 Å². The van der Waals surface area contributed by atoms with Gasteiger partial charge in [0.25, 0.3) is 0 Å². The topological polar surface area (TPSA) is 70.2 Å². The van der Waals surface area contributed by atoms with Gasteiger partial charge in [-0.25, -0.2) is 0 Å². The summed E-state index contributed by atoms with van der Waals surface area (Å²) in [5.41, 5.74) is 1.76. The molecule has 22 heavy (non-hydrogen) atoms. The Balaban J connectivity index is 1.89. The first-order valence-electron chi connectivity index (χ1n) is 7.76. The average molecular weight is 303 g/mol. The van der Waals surface area contributed by atoms with Crippen LogP contribution < -0.4 is 16.0 Å². The second-order valence-corrected chi connectivity index (χ2v) is 6.58. The summed E-state index contributed by atoms with van der Waals surface area (Å²) in [6.45, 7) is 7.13. The van der Waals surface area contributed by atoms with Crippen molar-refractivity contribution >= 4 is 17.5 Å². The number of hydrogen-bond acceptors (Lipinski definition) is 3. The van der Waals surface area contributed by atoms with Crippen LogP contribution in [0.5, 0.6) is 0 Å². The minimum Gasteiger partial charge on any atom is -0.351 e. The number of benzene rings is 1. The van der Waals surface area contributed by atoms with Crippen LogP contribution in [0, 0.1) is 5.41 Å². The molecule has 0 spiro atoms. The van der Waals surface area contributed by atoms with Crippen LogP contribution in [0.2, 0.25) is 0 Å². The molecule has 2 amide bonds. The number of amides is 2. The molecule has 2 rings (SSSR count). The van der Waals surface area contributed by atoms with Crippen LogP contribution in [0.3, 0.4) is 0 Å². The van der Waals surface area contributed by atoms with Gasteiger partial charge in [-0.3, -0.25) is 9.59 Å². The molecule has 5 nitrogen and oxygen atoms in total. The van der Waals surface area contributed by atoms with Gasteiger partial charge in [-0.05, 0) is 42.5 Å². The molecular formula is C17H25N3O2. The van der Waals surface area contributed by atoms with Gasteiger partial charge in [0.15, 0.2) is 0 Å². The maximum absolute atomic E-state index is 12.4. The molecule has 3 N–H and O–H groups in total. The fraction of sp³-hybridized carbons (Fsp3) is 0.529. The van der Waals surface area contributed by atoms with Crippen LogP contribution in [0.15, 0.2) is 24.3 Å². The lowest BCUT2D eigenvalue weighted by Crippen LogP contribution is -2.55. The summed E-state index contributed by atoms with van der Waals surface area (Å²) < 4.78 is 0. The summed E-state index contributed by atoms with van der Waals surface area (Å²) in [6, 6.07) is 7.35. The van der Waals surface area contributed by atoms with Crippen molar-refractivity contribution in [2.75, 3.05) is 11.9 Å². The van der Waals surface area contributed by atoms with Crippen LogP contribution >= 0.6 is 0 Å². The van der Waals surface area contributed by atoms with Gasteiger partial charge in [0.1, 0.15) is 0 Å². The van der Waals surface area contributed by atoms with Crippen LogP contribution in [0.25, 0.3) is 0 Å². The van der Waals surface area contributed by atoms with E-state index in [0.29, 0.717) is 6.54 Å². The molecule has 0 aromatic heterocycles. The quantitative estimate of drug-likeness (QED) is 0.797. The maximum Gasteiger partial charge on any atom is 0.237 e. The molecule has 0 bridgehead atoms. The Hall–Kier alpha value is -1.88. The Bertz CT molecular complexity index is 537. The molecule has 1 fully saturated rings. The monoisotopic (exact) mass is 303 g/mol. The molecular weight excluding hydrogens is 278 g/mol. The van der Waals surface area contributed by atoms with Crippen molar-refractivity contribution in [3.63, 3.8) is 0 Å². The fourth-order valence-corrected chi connectivity index (χ4v) is 2.86. The molecule has 0 aliphatic carbocycles. The van der Waals surface area contributed by atoms with Gasteiger partial charge >= 0.3 is 0 Å². The predicted molar refractivity (Wildman–Crippen MR) is 87.4 cm³/mol. The lowest BCUT2D eigenvalue weighted by Gasteiger charge is -2.38. The van der Waals surface area contributed by atoms with Gasteiger partial charge in [0.05, 0.1) is 6.04 Å². The number of carbonyl (C=O) groups excluding carboxylic acids is 2. The maximum atomic E-state index is 12.4. The van der Waals surface area contributed by atoms with Crippen molar-refractivity contribution in [1.82, 2.24) is 10.6 Å². The minimum absolute atomic E-state index is 0.0163. The van der Waals surface area contributed by atoms with E-state index in [0.717, 1.165) is 30.6 Å². The van der Waals surface area contributed by atoms with Crippen LogP contribution in [-0.2, 0) is 16.1 Å². The fourth-order valence-electron chi connectivity index (χ4n) is 2.86. The van der Waals surface area contributed by atoms with Crippen molar-refractivity contribution in [1.29, 1.82) is 0 Å². The van der Waals surface area contributed by atoms with E-state index in [4.69, 9.17) is 0 Å². The Labute approximate surface area is 131 Å². The molecule has 0 radical (unpaired) electrons. The molecule has 1 atom stereocenters. The summed E-state index contributed by atoms with van der Waals surface area (Å²) in [4.78, 5) is 23.3. The zero-order valence-corrected chi connectivity index (χ0v) is 13.5. The van der Waals surface area contributed by atoms with Gasteiger partial charge in [0, 0.05) is 19.2 Å². The van der Waals surface area contributed by atoms with Crippen LogP contribution in [0.4, 0.5) is 5.69 Å². The lowest BCUT2D eigenvalue weighted by molar-refractivity contribution is -0.127. The summed E-state index contributed by atoms with van der Waals surface area (Å²) in [7, 11) is 0. The number of rotatable bonds is 4. The number of piperidine rings is 1. The molecule has 5 heteroatoms. The summed E-state index contributed by atoms with van der Waals surface area (Å²) in [5, 5.41) is 9.04. The highest BCUT2D eigenvalue weighted by atomic mass is 16.2. The standard InChI is InChI=1S/C17H25N3O2/c1-12(21)20-14-7-5-13(6-8-14)11-19-16(22)15-17(2,3)9-4-10-18-15/h5-8,15,18H,4,9-11H2,1-3H3,(H,19,22)(H,20,21). The molecule has 1 aromatic rings. The minimum atomic E-state index is -0.139. The van der Waals surface area contributed by atoms with E-state index in [2.05, 4.69) is 29.8 Å². The highest BCUT2D eigenvalue weighted by Crippen LogP contribution is 2.30. The normalized spacial score (nSPS) is 20.2. The van der Waals surface area contributed by atoms with E-state index in [1.54, 1.807) is 0 Å². The first-order valence-corrected chi connectivity index (χ1v) is 7.76. The van der Waals surface area contributed by atoms with Crippen molar-refractivity contribution in [3.8, 4) is 0 Å². The Morgan fingerprint density at radius 2 is 1.95 bits per heavy atom. The van der Waals surface area contributed by atoms with E-state index in [9.17, 15) is 9.59 Å². The number of hydrogen-bond donors (Lipinski definition) is 3. The largest absolute Gasteiger partial charge is 0.351 e. The molecule has 0 saturated carbocycles. The lowest BCUT2D eigenvalue weighted by atomic mass is 9.77. The van der Waals surface area contributed by atoms with E-state index >= 15 is 0 Å². The van der Waals surface area contributed by atoms with Crippen molar-refractivity contribution < 1.29 is 9.59 Å². The highest BCUT2D eigenvalue weighted by molar-refractivity contribution is 5.88. The van der Waals surface area contributed by atoms with Crippen molar-refractivity contribution in [2.45, 2.75) is 46.2 Å². The second-order valence-electron chi connectivity index (χ2n) is 6.58. The molecule has 1 saturated heterocycles. The second kappa shape index (κ2) is 6.92. The molecule has 1 unspecified atom stereocenters. The number of nitrogens with one attached hydrogen (secondary N) is 3. The van der Waals surface area contributed by atoms with Gasteiger partial charge < -0.3 is 16.0 Å². The smallest absolute Gasteiger partial charge is 0.237 e. The molecule has 120 valence electrons. The first kappa shape index (κ1) is 16.5. The Morgan fingerprint density at radius 3 is 2.55 bits per heavy atom. The zero-order chi connectivity index (χ0) is 16.2. The third-order valence-corrected chi connectivity index (χ3v) is 4.13. The van der Waals surface area contributed by atoms with E-state index in [1.807, 2.05) is 24.3 Å². The van der Waals surface area contributed by atoms with Gasteiger partial charge in [-0.15, -0.1) is 0 Å². The summed E-state index contributed by atoms with van der Waals surface area (Å²) in [5.74, 6) is -0.0395. The van der Waals surface area contributed by atoms with Crippen molar-refractivity contribution in [3.05, 3.63) is 29.8 Å².